The minimum Gasteiger partial charge on any atom is -0.481 e. The fourth-order valence-corrected chi connectivity index (χ4v) is 1.66. The van der Waals surface area contributed by atoms with Crippen molar-refractivity contribution in [2.45, 2.75) is 26.2 Å². The van der Waals surface area contributed by atoms with Crippen molar-refractivity contribution in [3.63, 3.8) is 0 Å². The number of carbonyl (C=O) groups excluding carboxylic acids is 2. The molecule has 0 aromatic heterocycles. The maximum atomic E-state index is 11.3. The molecule has 0 bridgehead atoms. The van der Waals surface area contributed by atoms with Crippen LogP contribution in [0.15, 0.2) is 0 Å². The van der Waals surface area contributed by atoms with Gasteiger partial charge >= 0.3 is 5.97 Å². The molecule has 0 saturated carbocycles. The van der Waals surface area contributed by atoms with Crippen LogP contribution in [0, 0.1) is 0 Å². The Bertz CT molecular complexity index is 284. The summed E-state index contributed by atoms with van der Waals surface area (Å²) in [5, 5.41) is 13.7. The molecule has 0 aliphatic heterocycles. The molecule has 104 valence electrons. The van der Waals surface area contributed by atoms with Crippen molar-refractivity contribution in [2.75, 3.05) is 24.6 Å². The molecular weight excluding hydrogens is 256 g/mol. The van der Waals surface area contributed by atoms with Crippen LogP contribution in [0.3, 0.4) is 0 Å². The number of thioether (sulfide) groups is 1. The molecule has 0 unspecified atom stereocenters. The highest BCUT2D eigenvalue weighted by atomic mass is 32.2. The van der Waals surface area contributed by atoms with Gasteiger partial charge in [-0.05, 0) is 6.42 Å². The van der Waals surface area contributed by atoms with Gasteiger partial charge < -0.3 is 15.7 Å². The van der Waals surface area contributed by atoms with Gasteiger partial charge in [-0.2, -0.15) is 0 Å². The van der Waals surface area contributed by atoms with Crippen molar-refractivity contribution in [1.29, 1.82) is 0 Å². The SMILES string of the molecule is CCCNC(=O)CCC(=O)NCCSCC(=O)O. The summed E-state index contributed by atoms with van der Waals surface area (Å²) >= 11 is 1.25. The molecule has 0 rings (SSSR count). The lowest BCUT2D eigenvalue weighted by atomic mass is 10.3. The highest BCUT2D eigenvalue weighted by Crippen LogP contribution is 1.97. The second-order valence-corrected chi connectivity index (χ2v) is 4.75. The number of carbonyl (C=O) groups is 3. The van der Waals surface area contributed by atoms with E-state index in [1.807, 2.05) is 6.92 Å². The zero-order chi connectivity index (χ0) is 13.8. The van der Waals surface area contributed by atoms with Crippen molar-refractivity contribution in [2.24, 2.45) is 0 Å². The summed E-state index contributed by atoms with van der Waals surface area (Å²) < 4.78 is 0. The van der Waals surface area contributed by atoms with Crippen LogP contribution in [-0.4, -0.2) is 47.5 Å². The molecule has 18 heavy (non-hydrogen) atoms. The minimum absolute atomic E-state index is 0.0370. The number of carboxylic acids is 1. The first-order valence-electron chi connectivity index (χ1n) is 5.89. The quantitative estimate of drug-likeness (QED) is 0.496. The number of carboxylic acid groups (broad SMARTS) is 1. The number of amides is 2. The van der Waals surface area contributed by atoms with Gasteiger partial charge in [0, 0.05) is 31.7 Å². The topological polar surface area (TPSA) is 95.5 Å². The monoisotopic (exact) mass is 276 g/mol. The molecule has 0 heterocycles. The third-order valence-corrected chi connectivity index (χ3v) is 2.89. The smallest absolute Gasteiger partial charge is 0.313 e. The number of hydrogen-bond acceptors (Lipinski definition) is 4. The van der Waals surface area contributed by atoms with Crippen molar-refractivity contribution in [1.82, 2.24) is 10.6 Å². The summed E-state index contributed by atoms with van der Waals surface area (Å²) in [6.45, 7) is 3.02. The molecule has 0 aromatic rings. The summed E-state index contributed by atoms with van der Waals surface area (Å²) in [6.07, 6.45) is 1.23. The molecule has 0 aromatic carbocycles. The lowest BCUT2D eigenvalue weighted by molar-refractivity contribution is -0.134. The molecule has 0 saturated heterocycles. The predicted molar refractivity (Wildman–Crippen MR) is 70.5 cm³/mol. The van der Waals surface area contributed by atoms with Crippen molar-refractivity contribution >= 4 is 29.5 Å². The number of nitrogens with one attached hydrogen (secondary N) is 2. The molecular formula is C11H20N2O4S. The first-order valence-corrected chi connectivity index (χ1v) is 7.04. The van der Waals surface area contributed by atoms with Crippen LogP contribution in [0.4, 0.5) is 0 Å². The Morgan fingerprint density at radius 3 is 2.11 bits per heavy atom. The maximum Gasteiger partial charge on any atom is 0.313 e. The van der Waals surface area contributed by atoms with Crippen LogP contribution in [0.25, 0.3) is 0 Å². The summed E-state index contributed by atoms with van der Waals surface area (Å²) in [4.78, 5) is 32.7. The number of rotatable bonds is 10. The third-order valence-electron chi connectivity index (χ3n) is 1.95. The average Bonchev–Trinajstić information content (AvgIpc) is 2.33. The highest BCUT2D eigenvalue weighted by Gasteiger charge is 2.05. The van der Waals surface area contributed by atoms with Gasteiger partial charge in [0.05, 0.1) is 5.75 Å². The van der Waals surface area contributed by atoms with Crippen LogP contribution >= 0.6 is 11.8 Å². The number of aliphatic carboxylic acids is 1. The molecule has 0 aliphatic rings. The van der Waals surface area contributed by atoms with Gasteiger partial charge in [0.2, 0.25) is 11.8 Å². The van der Waals surface area contributed by atoms with E-state index in [0.29, 0.717) is 18.8 Å². The van der Waals surface area contributed by atoms with Gasteiger partial charge in [-0.15, -0.1) is 11.8 Å². The first-order chi connectivity index (χ1) is 8.56. The Hall–Kier alpha value is -1.24. The molecule has 7 heteroatoms. The lowest BCUT2D eigenvalue weighted by Gasteiger charge is -2.05. The Balaban J connectivity index is 3.42. The molecule has 2 amide bonds. The average molecular weight is 276 g/mol. The molecule has 3 N–H and O–H groups in total. The van der Waals surface area contributed by atoms with Gasteiger partial charge in [0.1, 0.15) is 0 Å². The predicted octanol–water partition coefficient (Wildman–Crippen LogP) is 0.227. The number of hydrogen-bond donors (Lipinski definition) is 3. The summed E-state index contributed by atoms with van der Waals surface area (Å²) in [6, 6.07) is 0. The summed E-state index contributed by atoms with van der Waals surface area (Å²) in [5.41, 5.74) is 0. The van der Waals surface area contributed by atoms with Gasteiger partial charge in [0.15, 0.2) is 0 Å². The van der Waals surface area contributed by atoms with Crippen molar-refractivity contribution in [3.8, 4) is 0 Å². The standard InChI is InChI=1S/C11H20N2O4S/c1-2-5-12-9(14)3-4-10(15)13-6-7-18-8-11(16)17/h2-8H2,1H3,(H,12,14)(H,13,15)(H,16,17). The molecule has 0 atom stereocenters. The molecule has 0 fully saturated rings. The van der Waals surface area contributed by atoms with Crippen LogP contribution in [0.1, 0.15) is 26.2 Å². The van der Waals surface area contributed by atoms with E-state index in [-0.39, 0.29) is 30.4 Å². The molecule has 0 radical (unpaired) electrons. The van der Waals surface area contributed by atoms with Gasteiger partial charge in [-0.25, -0.2) is 0 Å². The van der Waals surface area contributed by atoms with Crippen LogP contribution < -0.4 is 10.6 Å². The van der Waals surface area contributed by atoms with Crippen LogP contribution in [-0.2, 0) is 14.4 Å². The van der Waals surface area contributed by atoms with E-state index >= 15 is 0 Å². The summed E-state index contributed by atoms with van der Waals surface area (Å²) in [7, 11) is 0. The normalized spacial score (nSPS) is 9.83. The highest BCUT2D eigenvalue weighted by molar-refractivity contribution is 7.99. The van der Waals surface area contributed by atoms with Gasteiger partial charge in [-0.3, -0.25) is 14.4 Å². The van der Waals surface area contributed by atoms with E-state index in [2.05, 4.69) is 10.6 Å². The van der Waals surface area contributed by atoms with E-state index in [1.165, 1.54) is 11.8 Å². The minimum atomic E-state index is -0.862. The van der Waals surface area contributed by atoms with Crippen LogP contribution in [0.2, 0.25) is 0 Å². The van der Waals surface area contributed by atoms with E-state index in [4.69, 9.17) is 5.11 Å². The fourth-order valence-electron chi connectivity index (χ4n) is 1.09. The lowest BCUT2D eigenvalue weighted by Crippen LogP contribution is -2.29. The largest absolute Gasteiger partial charge is 0.481 e. The second-order valence-electron chi connectivity index (χ2n) is 3.65. The van der Waals surface area contributed by atoms with Crippen molar-refractivity contribution < 1.29 is 19.5 Å². The fraction of sp³-hybridized carbons (Fsp3) is 0.727. The Morgan fingerprint density at radius 2 is 1.61 bits per heavy atom. The van der Waals surface area contributed by atoms with Crippen molar-refractivity contribution in [3.05, 3.63) is 0 Å². The third kappa shape index (κ3) is 11.3. The first kappa shape index (κ1) is 16.8. The molecule has 6 nitrogen and oxygen atoms in total. The van der Waals surface area contributed by atoms with Gasteiger partial charge in [-0.1, -0.05) is 6.92 Å². The van der Waals surface area contributed by atoms with Gasteiger partial charge in [0.25, 0.3) is 0 Å². The van der Waals surface area contributed by atoms with E-state index < -0.39 is 5.97 Å². The Kier molecular flexibility index (Phi) is 10.1. The molecule has 0 aliphatic carbocycles. The van der Waals surface area contributed by atoms with E-state index in [1.54, 1.807) is 0 Å². The maximum absolute atomic E-state index is 11.3. The van der Waals surface area contributed by atoms with Crippen LogP contribution in [0.5, 0.6) is 0 Å². The second kappa shape index (κ2) is 10.9. The Morgan fingerprint density at radius 1 is 1.06 bits per heavy atom. The molecule has 0 spiro atoms. The van der Waals surface area contributed by atoms with E-state index in [9.17, 15) is 14.4 Å². The summed E-state index contributed by atoms with van der Waals surface area (Å²) in [5.74, 6) is -0.571. The Labute approximate surface area is 111 Å². The zero-order valence-electron chi connectivity index (χ0n) is 10.5. The zero-order valence-corrected chi connectivity index (χ0v) is 11.3. The van der Waals surface area contributed by atoms with E-state index in [0.717, 1.165) is 6.42 Å².